The lowest BCUT2D eigenvalue weighted by molar-refractivity contribution is -0.123. The predicted molar refractivity (Wildman–Crippen MR) is 99.5 cm³/mol. The first-order valence-corrected chi connectivity index (χ1v) is 9.58. The number of benzene rings is 1. The van der Waals surface area contributed by atoms with E-state index in [1.807, 2.05) is 12.1 Å². The van der Waals surface area contributed by atoms with E-state index in [0.29, 0.717) is 19.1 Å². The first-order chi connectivity index (χ1) is 12.2. The van der Waals surface area contributed by atoms with Crippen molar-refractivity contribution in [2.75, 3.05) is 45.9 Å². The highest BCUT2D eigenvalue weighted by Crippen LogP contribution is 2.18. The fourth-order valence-electron chi connectivity index (χ4n) is 3.80. The number of nitrogens with zero attached hydrogens (tertiary/aromatic N) is 2. The summed E-state index contributed by atoms with van der Waals surface area (Å²) in [4.78, 5) is 17.3. The van der Waals surface area contributed by atoms with Gasteiger partial charge in [0.05, 0.1) is 19.8 Å². The molecule has 0 aromatic heterocycles. The zero-order chi connectivity index (χ0) is 17.5. The van der Waals surface area contributed by atoms with Gasteiger partial charge in [0.15, 0.2) is 0 Å². The molecule has 1 amide bonds. The van der Waals surface area contributed by atoms with Crippen LogP contribution < -0.4 is 5.32 Å². The van der Waals surface area contributed by atoms with Crippen LogP contribution in [0.5, 0.6) is 0 Å². The van der Waals surface area contributed by atoms with E-state index in [1.54, 1.807) is 0 Å². The van der Waals surface area contributed by atoms with Gasteiger partial charge in [-0.1, -0.05) is 30.7 Å². The summed E-state index contributed by atoms with van der Waals surface area (Å²) in [5.41, 5.74) is 2.42. The number of likely N-dealkylation sites (tertiary alicyclic amines) is 1. The van der Waals surface area contributed by atoms with Crippen LogP contribution in [0.1, 0.15) is 30.4 Å². The molecule has 138 valence electrons. The number of carbonyl (C=O) groups is 1. The lowest BCUT2D eigenvalue weighted by Crippen LogP contribution is -2.51. The van der Waals surface area contributed by atoms with Gasteiger partial charge >= 0.3 is 0 Å². The molecule has 3 rings (SSSR count). The van der Waals surface area contributed by atoms with Gasteiger partial charge in [0.2, 0.25) is 5.91 Å². The van der Waals surface area contributed by atoms with E-state index in [0.717, 1.165) is 39.4 Å². The number of hydrogen-bond acceptors (Lipinski definition) is 4. The van der Waals surface area contributed by atoms with Crippen molar-refractivity contribution in [2.24, 2.45) is 0 Å². The third kappa shape index (κ3) is 5.53. The molecule has 2 saturated heterocycles. The number of nitrogens with one attached hydrogen (secondary N) is 1. The van der Waals surface area contributed by atoms with E-state index < -0.39 is 0 Å². The SMILES string of the molecule is Cc1ccccc1CNC(=O)CN1CCCC[C@@H]1CN1CCOCC1. The Bertz CT molecular complexity index is 558. The highest BCUT2D eigenvalue weighted by Gasteiger charge is 2.26. The van der Waals surface area contributed by atoms with E-state index in [9.17, 15) is 4.79 Å². The molecule has 0 radical (unpaired) electrons. The van der Waals surface area contributed by atoms with E-state index in [2.05, 4.69) is 34.2 Å². The molecule has 2 aliphatic heterocycles. The standard InChI is InChI=1S/C20H31N3O2/c1-17-6-2-3-7-18(17)14-21-20(24)16-23-9-5-4-8-19(23)15-22-10-12-25-13-11-22/h2-3,6-7,19H,4-5,8-16H2,1H3,(H,21,24)/t19-/m1/s1. The number of ether oxygens (including phenoxy) is 1. The fraction of sp³-hybridized carbons (Fsp3) is 0.650. The molecule has 0 bridgehead atoms. The lowest BCUT2D eigenvalue weighted by Gasteiger charge is -2.39. The summed E-state index contributed by atoms with van der Waals surface area (Å²) in [6, 6.07) is 8.72. The minimum absolute atomic E-state index is 0.136. The summed E-state index contributed by atoms with van der Waals surface area (Å²) in [5.74, 6) is 0.136. The number of piperidine rings is 1. The van der Waals surface area contributed by atoms with Crippen LogP contribution in [0.2, 0.25) is 0 Å². The molecule has 1 aromatic rings. The van der Waals surface area contributed by atoms with Crippen molar-refractivity contribution >= 4 is 5.91 Å². The van der Waals surface area contributed by atoms with Crippen LogP contribution in [0.15, 0.2) is 24.3 Å². The van der Waals surface area contributed by atoms with Crippen molar-refractivity contribution in [2.45, 2.75) is 38.8 Å². The molecule has 25 heavy (non-hydrogen) atoms. The average molecular weight is 345 g/mol. The number of amides is 1. The van der Waals surface area contributed by atoms with Crippen molar-refractivity contribution < 1.29 is 9.53 Å². The Hall–Kier alpha value is -1.43. The lowest BCUT2D eigenvalue weighted by atomic mass is 10.0. The fourth-order valence-corrected chi connectivity index (χ4v) is 3.80. The zero-order valence-corrected chi connectivity index (χ0v) is 15.4. The van der Waals surface area contributed by atoms with Gasteiger partial charge in [-0.3, -0.25) is 14.6 Å². The van der Waals surface area contributed by atoms with Crippen molar-refractivity contribution in [1.29, 1.82) is 0 Å². The Morgan fingerprint density at radius 2 is 2.00 bits per heavy atom. The molecule has 0 saturated carbocycles. The van der Waals surface area contributed by atoms with Crippen LogP contribution in [-0.4, -0.2) is 67.7 Å². The molecular formula is C20H31N3O2. The Labute approximate surface area is 151 Å². The first-order valence-electron chi connectivity index (χ1n) is 9.58. The first kappa shape index (κ1) is 18.4. The molecule has 0 unspecified atom stereocenters. The summed E-state index contributed by atoms with van der Waals surface area (Å²) in [5, 5.41) is 3.10. The second kappa shape index (κ2) is 9.32. The van der Waals surface area contributed by atoms with Crippen molar-refractivity contribution in [1.82, 2.24) is 15.1 Å². The summed E-state index contributed by atoms with van der Waals surface area (Å²) in [7, 11) is 0. The third-order valence-electron chi connectivity index (χ3n) is 5.41. The van der Waals surface area contributed by atoms with Crippen LogP contribution in [0.3, 0.4) is 0 Å². The summed E-state index contributed by atoms with van der Waals surface area (Å²) in [6.45, 7) is 9.03. The van der Waals surface area contributed by atoms with Gasteiger partial charge in [0, 0.05) is 32.2 Å². The molecule has 1 aromatic carbocycles. The van der Waals surface area contributed by atoms with Gasteiger partial charge in [0.1, 0.15) is 0 Å². The Morgan fingerprint density at radius 1 is 1.20 bits per heavy atom. The van der Waals surface area contributed by atoms with Gasteiger partial charge in [-0.15, -0.1) is 0 Å². The van der Waals surface area contributed by atoms with Crippen LogP contribution in [0.25, 0.3) is 0 Å². The van der Waals surface area contributed by atoms with Crippen molar-refractivity contribution in [3.8, 4) is 0 Å². The Balaban J connectivity index is 1.48. The molecule has 2 heterocycles. The van der Waals surface area contributed by atoms with Crippen LogP contribution in [0, 0.1) is 6.92 Å². The molecule has 1 atom stereocenters. The maximum atomic E-state index is 12.4. The molecule has 2 aliphatic rings. The second-order valence-corrected chi connectivity index (χ2v) is 7.24. The highest BCUT2D eigenvalue weighted by molar-refractivity contribution is 5.78. The van der Waals surface area contributed by atoms with Gasteiger partial charge in [0.25, 0.3) is 0 Å². The molecule has 0 aliphatic carbocycles. The maximum Gasteiger partial charge on any atom is 0.234 e. The minimum atomic E-state index is 0.136. The molecular weight excluding hydrogens is 314 g/mol. The summed E-state index contributed by atoms with van der Waals surface area (Å²) >= 11 is 0. The quantitative estimate of drug-likeness (QED) is 0.854. The summed E-state index contributed by atoms with van der Waals surface area (Å²) < 4.78 is 5.44. The monoisotopic (exact) mass is 345 g/mol. The van der Waals surface area contributed by atoms with Crippen molar-refractivity contribution in [3.63, 3.8) is 0 Å². The van der Waals surface area contributed by atoms with Crippen molar-refractivity contribution in [3.05, 3.63) is 35.4 Å². The van der Waals surface area contributed by atoms with Gasteiger partial charge in [-0.05, 0) is 37.4 Å². The number of rotatable bonds is 6. The number of aryl methyl sites for hydroxylation is 1. The molecule has 2 fully saturated rings. The number of morpholine rings is 1. The number of hydrogen-bond donors (Lipinski definition) is 1. The second-order valence-electron chi connectivity index (χ2n) is 7.24. The van der Waals surface area contributed by atoms with Crippen LogP contribution in [0.4, 0.5) is 0 Å². The Morgan fingerprint density at radius 3 is 2.80 bits per heavy atom. The zero-order valence-electron chi connectivity index (χ0n) is 15.4. The molecule has 0 spiro atoms. The van der Waals surface area contributed by atoms with E-state index in [-0.39, 0.29) is 5.91 Å². The van der Waals surface area contributed by atoms with Crippen LogP contribution in [-0.2, 0) is 16.1 Å². The molecule has 5 nitrogen and oxygen atoms in total. The largest absolute Gasteiger partial charge is 0.379 e. The van der Waals surface area contributed by atoms with Crippen LogP contribution >= 0.6 is 0 Å². The topological polar surface area (TPSA) is 44.8 Å². The molecule has 1 N–H and O–H groups in total. The minimum Gasteiger partial charge on any atom is -0.379 e. The predicted octanol–water partition coefficient (Wildman–Crippen LogP) is 1.80. The molecule has 5 heteroatoms. The van der Waals surface area contributed by atoms with E-state index in [4.69, 9.17) is 4.74 Å². The van der Waals surface area contributed by atoms with E-state index in [1.165, 1.54) is 30.4 Å². The average Bonchev–Trinajstić information content (AvgIpc) is 2.64. The highest BCUT2D eigenvalue weighted by atomic mass is 16.5. The van der Waals surface area contributed by atoms with Gasteiger partial charge in [-0.2, -0.15) is 0 Å². The summed E-state index contributed by atoms with van der Waals surface area (Å²) in [6.07, 6.45) is 3.67. The van der Waals surface area contributed by atoms with Gasteiger partial charge in [-0.25, -0.2) is 0 Å². The normalized spacial score (nSPS) is 22.7. The smallest absolute Gasteiger partial charge is 0.234 e. The van der Waals surface area contributed by atoms with E-state index >= 15 is 0 Å². The van der Waals surface area contributed by atoms with Gasteiger partial charge < -0.3 is 10.1 Å². The maximum absolute atomic E-state index is 12.4. The Kier molecular flexibility index (Phi) is 6.84. The third-order valence-corrected chi connectivity index (χ3v) is 5.41. The number of carbonyl (C=O) groups excluding carboxylic acids is 1.